The molecule has 28 heavy (non-hydrogen) atoms. The van der Waals surface area contributed by atoms with Gasteiger partial charge in [0.25, 0.3) is 0 Å². The van der Waals surface area contributed by atoms with Gasteiger partial charge in [0, 0.05) is 20.1 Å². The normalized spacial score (nSPS) is 11.8. The maximum Gasteiger partial charge on any atom is 0.401 e. The summed E-state index contributed by atoms with van der Waals surface area (Å²) in [6.07, 6.45) is -4.20. The zero-order valence-corrected chi connectivity index (χ0v) is 19.1. The van der Waals surface area contributed by atoms with E-state index in [1.165, 1.54) is 11.9 Å². The third kappa shape index (κ3) is 11.4. The number of halogens is 4. The van der Waals surface area contributed by atoms with E-state index >= 15 is 0 Å². The summed E-state index contributed by atoms with van der Waals surface area (Å²) in [5.41, 5.74) is 0. The number of alkyl halides is 3. The molecule has 1 N–H and O–H groups in total. The average Bonchev–Trinajstić information content (AvgIpc) is 2.60. The topological polar surface area (TPSA) is 49.3 Å². The van der Waals surface area contributed by atoms with Crippen molar-refractivity contribution in [3.05, 3.63) is 24.3 Å². The van der Waals surface area contributed by atoms with E-state index in [0.717, 1.165) is 11.5 Å². The van der Waals surface area contributed by atoms with E-state index in [0.29, 0.717) is 25.7 Å². The smallest absolute Gasteiger partial charge is 0.401 e. The van der Waals surface area contributed by atoms with Crippen LogP contribution in [0.15, 0.2) is 29.3 Å². The first-order chi connectivity index (χ1) is 12.7. The van der Waals surface area contributed by atoms with E-state index in [1.807, 2.05) is 43.1 Å². The number of rotatable bonds is 10. The van der Waals surface area contributed by atoms with Gasteiger partial charge in [-0.05, 0) is 38.2 Å². The molecule has 1 rings (SSSR count). The van der Waals surface area contributed by atoms with Gasteiger partial charge in [-0.3, -0.25) is 9.89 Å². The molecule has 162 valence electrons. The molecule has 6 nitrogen and oxygen atoms in total. The molecule has 0 aliphatic heterocycles. The maximum atomic E-state index is 12.3. The van der Waals surface area contributed by atoms with Crippen LogP contribution >= 0.6 is 24.0 Å². The molecule has 1 aromatic rings. The fourth-order valence-electron chi connectivity index (χ4n) is 2.26. The van der Waals surface area contributed by atoms with Crippen molar-refractivity contribution in [1.29, 1.82) is 0 Å². The number of benzene rings is 1. The van der Waals surface area contributed by atoms with E-state index in [9.17, 15) is 13.2 Å². The number of hydrogen-bond donors (Lipinski definition) is 1. The Morgan fingerprint density at radius 3 is 2.25 bits per heavy atom. The monoisotopic (exact) mass is 518 g/mol. The molecule has 10 heteroatoms. The Labute approximate surface area is 182 Å². The molecule has 0 saturated carbocycles. The standard InChI is InChI=1S/C18H29F3N4O2.HI/c1-5-22-17(23-10-11-24(2)14-18(19,20)21)25(3)12-13-27-16-8-6-15(26-4)7-9-16;/h6-9H,5,10-14H2,1-4H3,(H,22,23);1H. The molecule has 1 aromatic carbocycles. The number of methoxy groups -OCH3 is 1. The lowest BCUT2D eigenvalue weighted by molar-refractivity contribution is -0.142. The van der Waals surface area contributed by atoms with Crippen molar-refractivity contribution in [2.45, 2.75) is 13.1 Å². The largest absolute Gasteiger partial charge is 0.497 e. The van der Waals surface area contributed by atoms with Crippen molar-refractivity contribution >= 4 is 29.9 Å². The first kappa shape index (κ1) is 26.6. The fourth-order valence-corrected chi connectivity index (χ4v) is 2.26. The van der Waals surface area contributed by atoms with Gasteiger partial charge >= 0.3 is 6.18 Å². The molecule has 0 bridgehead atoms. The van der Waals surface area contributed by atoms with Gasteiger partial charge in [-0.25, -0.2) is 0 Å². The van der Waals surface area contributed by atoms with Crippen molar-refractivity contribution in [2.75, 3.05) is 60.5 Å². The maximum absolute atomic E-state index is 12.3. The number of ether oxygens (including phenoxy) is 2. The minimum absolute atomic E-state index is 0. The molecular weight excluding hydrogens is 488 g/mol. The van der Waals surface area contributed by atoms with Crippen LogP contribution in [0.4, 0.5) is 13.2 Å². The zero-order chi connectivity index (χ0) is 20.3. The Hall–Kier alpha value is -1.43. The lowest BCUT2D eigenvalue weighted by Crippen LogP contribution is -2.41. The first-order valence-electron chi connectivity index (χ1n) is 8.76. The molecule has 0 radical (unpaired) electrons. The van der Waals surface area contributed by atoms with Gasteiger partial charge in [-0.1, -0.05) is 0 Å². The molecule has 0 saturated heterocycles. The minimum Gasteiger partial charge on any atom is -0.497 e. The Kier molecular flexibility index (Phi) is 13.0. The van der Waals surface area contributed by atoms with E-state index in [4.69, 9.17) is 9.47 Å². The minimum atomic E-state index is -4.20. The van der Waals surface area contributed by atoms with Crippen molar-refractivity contribution in [1.82, 2.24) is 15.1 Å². The van der Waals surface area contributed by atoms with Crippen molar-refractivity contribution in [2.24, 2.45) is 4.99 Å². The van der Waals surface area contributed by atoms with Gasteiger partial charge in [0.15, 0.2) is 5.96 Å². The molecule has 0 aliphatic rings. The number of likely N-dealkylation sites (N-methyl/N-ethyl adjacent to an activating group) is 2. The highest BCUT2D eigenvalue weighted by Crippen LogP contribution is 2.17. The summed E-state index contributed by atoms with van der Waals surface area (Å²) in [5.74, 6) is 2.13. The first-order valence-corrected chi connectivity index (χ1v) is 8.76. The van der Waals surface area contributed by atoms with Crippen molar-refractivity contribution < 1.29 is 22.6 Å². The molecule has 0 aliphatic carbocycles. The molecule has 0 heterocycles. The Bertz CT molecular complexity index is 571. The number of nitrogens with one attached hydrogen (secondary N) is 1. The molecular formula is C18H30F3IN4O2. The zero-order valence-electron chi connectivity index (χ0n) is 16.8. The van der Waals surface area contributed by atoms with Gasteiger partial charge in [0.1, 0.15) is 18.1 Å². The number of guanidine groups is 1. The highest BCUT2D eigenvalue weighted by atomic mass is 127. The van der Waals surface area contributed by atoms with Crippen LogP contribution in [0.1, 0.15) is 6.92 Å². The van der Waals surface area contributed by atoms with Crippen LogP contribution in [-0.2, 0) is 0 Å². The van der Waals surface area contributed by atoms with Gasteiger partial charge < -0.3 is 19.7 Å². The van der Waals surface area contributed by atoms with Crippen LogP contribution in [-0.4, -0.2) is 82.5 Å². The molecule has 0 unspecified atom stereocenters. The molecule has 0 amide bonds. The highest BCUT2D eigenvalue weighted by Gasteiger charge is 2.28. The van der Waals surface area contributed by atoms with Gasteiger partial charge in [-0.15, -0.1) is 24.0 Å². The number of aliphatic imine (C=N–C) groups is 1. The summed E-state index contributed by atoms with van der Waals surface area (Å²) in [5, 5.41) is 3.13. The number of hydrogen-bond acceptors (Lipinski definition) is 4. The molecule has 0 fully saturated rings. The van der Waals surface area contributed by atoms with Crippen molar-refractivity contribution in [3.63, 3.8) is 0 Å². The summed E-state index contributed by atoms with van der Waals surface area (Å²) in [6, 6.07) is 7.30. The summed E-state index contributed by atoms with van der Waals surface area (Å²) >= 11 is 0. The van der Waals surface area contributed by atoms with Crippen LogP contribution in [0, 0.1) is 0 Å². The van der Waals surface area contributed by atoms with Crippen LogP contribution < -0.4 is 14.8 Å². The van der Waals surface area contributed by atoms with E-state index < -0.39 is 12.7 Å². The quantitative estimate of drug-likeness (QED) is 0.293. The summed E-state index contributed by atoms with van der Waals surface area (Å²) in [4.78, 5) is 7.48. The Balaban J connectivity index is 0.00000729. The van der Waals surface area contributed by atoms with Gasteiger partial charge in [-0.2, -0.15) is 13.2 Å². The van der Waals surface area contributed by atoms with Crippen LogP contribution in [0.5, 0.6) is 11.5 Å². The second kappa shape index (κ2) is 13.7. The second-order valence-corrected chi connectivity index (χ2v) is 6.03. The Morgan fingerprint density at radius 2 is 1.71 bits per heavy atom. The third-order valence-corrected chi connectivity index (χ3v) is 3.64. The predicted octanol–water partition coefficient (Wildman–Crippen LogP) is 3.08. The summed E-state index contributed by atoms with van der Waals surface area (Å²) < 4.78 is 47.8. The SMILES string of the molecule is CCNC(=NCCN(C)CC(F)(F)F)N(C)CCOc1ccc(OC)cc1.I. The molecule has 0 atom stereocenters. The third-order valence-electron chi connectivity index (χ3n) is 3.64. The predicted molar refractivity (Wildman–Crippen MR) is 116 cm³/mol. The molecule has 0 aromatic heterocycles. The van der Waals surface area contributed by atoms with E-state index in [-0.39, 0.29) is 37.1 Å². The van der Waals surface area contributed by atoms with Crippen molar-refractivity contribution in [3.8, 4) is 11.5 Å². The van der Waals surface area contributed by atoms with Crippen LogP contribution in [0.25, 0.3) is 0 Å². The van der Waals surface area contributed by atoms with Crippen LogP contribution in [0.3, 0.4) is 0 Å². The second-order valence-electron chi connectivity index (χ2n) is 6.03. The van der Waals surface area contributed by atoms with Gasteiger partial charge in [0.2, 0.25) is 0 Å². The Morgan fingerprint density at radius 1 is 1.11 bits per heavy atom. The van der Waals surface area contributed by atoms with E-state index in [1.54, 1.807) is 7.11 Å². The fraction of sp³-hybridized carbons (Fsp3) is 0.611. The highest BCUT2D eigenvalue weighted by molar-refractivity contribution is 14.0. The summed E-state index contributed by atoms with van der Waals surface area (Å²) in [7, 11) is 4.90. The lowest BCUT2D eigenvalue weighted by atomic mass is 10.3. The average molecular weight is 518 g/mol. The molecule has 0 spiro atoms. The van der Waals surface area contributed by atoms with E-state index in [2.05, 4.69) is 10.3 Å². The summed E-state index contributed by atoms with van der Waals surface area (Å²) in [6.45, 7) is 3.19. The van der Waals surface area contributed by atoms with Gasteiger partial charge in [0.05, 0.1) is 26.7 Å². The number of nitrogens with zero attached hydrogens (tertiary/aromatic N) is 3. The van der Waals surface area contributed by atoms with Crippen LogP contribution in [0.2, 0.25) is 0 Å². The lowest BCUT2D eigenvalue weighted by Gasteiger charge is -2.23.